The first kappa shape index (κ1) is 21.7. The van der Waals surface area contributed by atoms with Crippen LogP contribution in [0.3, 0.4) is 0 Å². The summed E-state index contributed by atoms with van der Waals surface area (Å²) < 4.78 is 34.3. The minimum Gasteiger partial charge on any atom is -0.396 e. The van der Waals surface area contributed by atoms with Crippen LogP contribution in [0.15, 0.2) is 48.5 Å². The second-order valence-electron chi connectivity index (χ2n) is 7.69. The van der Waals surface area contributed by atoms with Gasteiger partial charge in [0.25, 0.3) is 5.91 Å². The Hall–Kier alpha value is -3.56. The van der Waals surface area contributed by atoms with Crippen LogP contribution in [0.1, 0.15) is 28.8 Å². The molecule has 32 heavy (non-hydrogen) atoms. The summed E-state index contributed by atoms with van der Waals surface area (Å²) in [5.41, 5.74) is 9.83. The standard InChI is InChI=1S/C23H23F2N5O2/c24-18-6-4-14(21-8-7-20(26)22(29-21)30-27)9-17(18)23(31)28-16-5-3-15(19(25)10-16)12-32-11-13-1-2-13/h3-10,13H,1-2,11-12,26-27H2,(H,28,31)(H,29,30). The highest BCUT2D eigenvalue weighted by molar-refractivity contribution is 6.05. The summed E-state index contributed by atoms with van der Waals surface area (Å²) in [6, 6.07) is 11.5. The molecule has 1 fully saturated rings. The third-order valence-electron chi connectivity index (χ3n) is 5.19. The molecule has 1 aliphatic rings. The van der Waals surface area contributed by atoms with Gasteiger partial charge in [-0.1, -0.05) is 6.07 Å². The maximum absolute atomic E-state index is 14.4. The van der Waals surface area contributed by atoms with Gasteiger partial charge in [-0.2, -0.15) is 0 Å². The summed E-state index contributed by atoms with van der Waals surface area (Å²) in [6.07, 6.45) is 2.31. The monoisotopic (exact) mass is 439 g/mol. The van der Waals surface area contributed by atoms with Crippen LogP contribution in [0, 0.1) is 17.6 Å². The predicted molar refractivity (Wildman–Crippen MR) is 119 cm³/mol. The van der Waals surface area contributed by atoms with E-state index in [1.165, 1.54) is 24.3 Å². The van der Waals surface area contributed by atoms with E-state index in [0.717, 1.165) is 12.8 Å². The fourth-order valence-electron chi connectivity index (χ4n) is 3.17. The van der Waals surface area contributed by atoms with Crippen LogP contribution in [0.5, 0.6) is 0 Å². The molecule has 9 heteroatoms. The number of benzene rings is 2. The summed E-state index contributed by atoms with van der Waals surface area (Å²) in [7, 11) is 0. The molecule has 1 heterocycles. The maximum Gasteiger partial charge on any atom is 0.258 e. The third kappa shape index (κ3) is 5.01. The number of rotatable bonds is 8. The van der Waals surface area contributed by atoms with E-state index in [4.69, 9.17) is 16.3 Å². The van der Waals surface area contributed by atoms with E-state index in [0.29, 0.717) is 35.0 Å². The summed E-state index contributed by atoms with van der Waals surface area (Å²) in [5.74, 6) is 4.31. The number of aromatic nitrogens is 1. The van der Waals surface area contributed by atoms with Crippen molar-refractivity contribution in [2.45, 2.75) is 19.4 Å². The number of carbonyl (C=O) groups excluding carboxylic acids is 1. The molecule has 0 aliphatic heterocycles. The molecule has 0 atom stereocenters. The number of pyridine rings is 1. The molecule has 0 unspecified atom stereocenters. The van der Waals surface area contributed by atoms with Crippen LogP contribution in [-0.4, -0.2) is 17.5 Å². The lowest BCUT2D eigenvalue weighted by molar-refractivity contribution is 0.102. The van der Waals surface area contributed by atoms with Crippen molar-refractivity contribution in [2.75, 3.05) is 23.1 Å². The average Bonchev–Trinajstić information content (AvgIpc) is 3.60. The van der Waals surface area contributed by atoms with Gasteiger partial charge >= 0.3 is 0 Å². The summed E-state index contributed by atoms with van der Waals surface area (Å²) in [4.78, 5) is 16.9. The molecule has 0 bridgehead atoms. The summed E-state index contributed by atoms with van der Waals surface area (Å²) in [6.45, 7) is 0.792. The number of hydrogen-bond acceptors (Lipinski definition) is 6. The van der Waals surface area contributed by atoms with E-state index in [-0.39, 0.29) is 23.7 Å². The van der Waals surface area contributed by atoms with Crippen molar-refractivity contribution >= 4 is 23.1 Å². The highest BCUT2D eigenvalue weighted by Crippen LogP contribution is 2.29. The molecule has 4 rings (SSSR count). The Labute approximate surface area is 183 Å². The summed E-state index contributed by atoms with van der Waals surface area (Å²) in [5, 5.41) is 2.53. The van der Waals surface area contributed by atoms with Gasteiger partial charge in [0.15, 0.2) is 5.82 Å². The van der Waals surface area contributed by atoms with Gasteiger partial charge in [-0.25, -0.2) is 19.6 Å². The molecule has 1 aliphatic carbocycles. The first-order chi connectivity index (χ1) is 15.4. The Morgan fingerprint density at radius 2 is 1.91 bits per heavy atom. The van der Waals surface area contributed by atoms with Crippen LogP contribution in [0.4, 0.5) is 26.0 Å². The van der Waals surface area contributed by atoms with Crippen molar-refractivity contribution < 1.29 is 18.3 Å². The lowest BCUT2D eigenvalue weighted by atomic mass is 10.1. The van der Waals surface area contributed by atoms with E-state index < -0.39 is 17.5 Å². The smallest absolute Gasteiger partial charge is 0.258 e. The number of anilines is 3. The van der Waals surface area contributed by atoms with Crippen molar-refractivity contribution in [1.29, 1.82) is 0 Å². The maximum atomic E-state index is 14.4. The lowest BCUT2D eigenvalue weighted by Crippen LogP contribution is -2.14. The van der Waals surface area contributed by atoms with E-state index in [9.17, 15) is 13.6 Å². The van der Waals surface area contributed by atoms with Gasteiger partial charge in [0.1, 0.15) is 11.6 Å². The van der Waals surface area contributed by atoms with Gasteiger partial charge in [-0.15, -0.1) is 0 Å². The van der Waals surface area contributed by atoms with Gasteiger partial charge in [0.2, 0.25) is 0 Å². The Morgan fingerprint density at radius 1 is 1.09 bits per heavy atom. The summed E-state index contributed by atoms with van der Waals surface area (Å²) >= 11 is 0. The highest BCUT2D eigenvalue weighted by atomic mass is 19.1. The number of nitrogens with zero attached hydrogens (tertiary/aromatic N) is 1. The normalized spacial score (nSPS) is 13.1. The van der Waals surface area contributed by atoms with Crippen molar-refractivity contribution in [3.8, 4) is 11.3 Å². The van der Waals surface area contributed by atoms with Gasteiger partial charge in [0, 0.05) is 23.4 Å². The van der Waals surface area contributed by atoms with Gasteiger partial charge < -0.3 is 21.2 Å². The molecule has 166 valence electrons. The zero-order valence-electron chi connectivity index (χ0n) is 17.2. The number of ether oxygens (including phenoxy) is 1. The lowest BCUT2D eigenvalue weighted by Gasteiger charge is -2.11. The molecular weight excluding hydrogens is 416 g/mol. The molecule has 0 spiro atoms. The molecule has 3 aromatic rings. The van der Waals surface area contributed by atoms with Gasteiger partial charge in [-0.3, -0.25) is 4.79 Å². The average molecular weight is 439 g/mol. The SMILES string of the molecule is NNc1nc(-c2ccc(F)c(C(=O)Nc3ccc(COCC4CC4)c(F)c3)c2)ccc1N. The van der Waals surface area contributed by atoms with Crippen LogP contribution in [0.2, 0.25) is 0 Å². The van der Waals surface area contributed by atoms with Crippen LogP contribution >= 0.6 is 0 Å². The minimum absolute atomic E-state index is 0.168. The predicted octanol–water partition coefficient (Wildman–Crippen LogP) is 4.07. The third-order valence-corrected chi connectivity index (χ3v) is 5.19. The number of amides is 1. The van der Waals surface area contributed by atoms with Crippen molar-refractivity contribution in [1.82, 2.24) is 4.98 Å². The number of nitrogens with one attached hydrogen (secondary N) is 2. The zero-order valence-corrected chi connectivity index (χ0v) is 17.2. The second kappa shape index (κ2) is 9.29. The number of hydrogen-bond donors (Lipinski definition) is 4. The second-order valence-corrected chi connectivity index (χ2v) is 7.69. The molecule has 1 amide bonds. The zero-order chi connectivity index (χ0) is 22.7. The highest BCUT2D eigenvalue weighted by Gasteiger charge is 2.21. The molecule has 0 saturated heterocycles. The minimum atomic E-state index is -0.718. The number of nitrogens with two attached hydrogens (primary N) is 2. The van der Waals surface area contributed by atoms with Crippen molar-refractivity contribution in [2.24, 2.45) is 11.8 Å². The van der Waals surface area contributed by atoms with Crippen molar-refractivity contribution in [3.05, 3.63) is 71.3 Å². The fourth-order valence-corrected chi connectivity index (χ4v) is 3.17. The molecular formula is C23H23F2N5O2. The number of hydrazine groups is 1. The molecule has 0 radical (unpaired) electrons. The largest absolute Gasteiger partial charge is 0.396 e. The van der Waals surface area contributed by atoms with Crippen LogP contribution in [-0.2, 0) is 11.3 Å². The van der Waals surface area contributed by atoms with Gasteiger partial charge in [0.05, 0.1) is 23.6 Å². The Balaban J connectivity index is 1.49. The molecule has 7 nitrogen and oxygen atoms in total. The molecule has 1 aromatic heterocycles. The van der Waals surface area contributed by atoms with Crippen molar-refractivity contribution in [3.63, 3.8) is 0 Å². The van der Waals surface area contributed by atoms with Gasteiger partial charge in [-0.05, 0) is 61.2 Å². The quantitative estimate of drug-likeness (QED) is 0.311. The fraction of sp³-hybridized carbons (Fsp3) is 0.217. The number of halogens is 2. The van der Waals surface area contributed by atoms with Crippen LogP contribution in [0.25, 0.3) is 11.3 Å². The van der Waals surface area contributed by atoms with E-state index in [1.807, 2.05) is 0 Å². The van der Waals surface area contributed by atoms with Crippen LogP contribution < -0.4 is 22.3 Å². The molecule has 6 N–H and O–H groups in total. The topological polar surface area (TPSA) is 115 Å². The first-order valence-electron chi connectivity index (χ1n) is 10.1. The Bertz CT molecular complexity index is 1150. The molecule has 1 saturated carbocycles. The van der Waals surface area contributed by atoms with E-state index in [1.54, 1.807) is 24.3 Å². The number of carbonyl (C=O) groups is 1. The Morgan fingerprint density at radius 3 is 2.62 bits per heavy atom. The Kier molecular flexibility index (Phi) is 6.29. The molecule has 2 aromatic carbocycles. The van der Waals surface area contributed by atoms with E-state index >= 15 is 0 Å². The first-order valence-corrected chi connectivity index (χ1v) is 10.1. The van der Waals surface area contributed by atoms with E-state index in [2.05, 4.69) is 15.7 Å². The number of nitrogen functional groups attached to an aromatic ring is 2.